The highest BCUT2D eigenvalue weighted by atomic mass is 16.4. The van der Waals surface area contributed by atoms with Crippen molar-refractivity contribution in [3.8, 4) is 5.88 Å². The van der Waals surface area contributed by atoms with E-state index in [4.69, 9.17) is 16.8 Å². The SMILES string of the molecule is C[C@H](C=O)CCCCCC[C@H](CC[C@@H]([N-]c1ccc[nH]1)/C(=C/C(=O)O)CN=C(N)N)Cc1ccc([O-])nc1. The molecule has 0 saturated heterocycles. The standard InChI is InChI=1S/C28H41N6O4/c1-20(19-35)7-4-2-3-5-8-21(15-22-11-13-26(36)32-17-22)10-12-24(34-25-9-6-14-31-25)23(16-27(37)38)18-33-28(29)30/h6,9,11,13-14,16-17,19-21,24,31H,2-5,7-8,10,12,15,18H2,1H3,(H,32,36)(H,37,38)(H4,29,30,33)/q-1/p-1/b23-16+/t20-,21+,24+/m0/s1. The van der Waals surface area contributed by atoms with Gasteiger partial charge in [0.05, 0.1) is 6.54 Å². The molecule has 0 aliphatic rings. The number of nitrogens with two attached hydrogens (primary N) is 2. The third-order valence-electron chi connectivity index (χ3n) is 6.48. The summed E-state index contributed by atoms with van der Waals surface area (Å²) < 4.78 is 0. The molecule has 38 heavy (non-hydrogen) atoms. The van der Waals surface area contributed by atoms with Gasteiger partial charge in [-0.3, -0.25) is 4.98 Å². The molecule has 0 aliphatic carbocycles. The monoisotopic (exact) mass is 524 g/mol. The quantitative estimate of drug-likeness (QED) is 0.0704. The Labute approximate surface area is 224 Å². The second-order valence-corrected chi connectivity index (χ2v) is 9.76. The Kier molecular flexibility index (Phi) is 13.5. The zero-order valence-electron chi connectivity index (χ0n) is 22.1. The number of guanidine groups is 1. The van der Waals surface area contributed by atoms with Crippen LogP contribution in [0.2, 0.25) is 0 Å². The number of hydrogen-bond acceptors (Lipinski definition) is 5. The van der Waals surface area contributed by atoms with Crippen LogP contribution in [0.4, 0.5) is 5.82 Å². The van der Waals surface area contributed by atoms with Gasteiger partial charge < -0.3 is 36.8 Å². The van der Waals surface area contributed by atoms with Gasteiger partial charge in [0, 0.05) is 18.2 Å². The van der Waals surface area contributed by atoms with E-state index >= 15 is 0 Å². The van der Waals surface area contributed by atoms with Crippen molar-refractivity contribution >= 4 is 24.0 Å². The molecule has 0 amide bonds. The predicted molar refractivity (Wildman–Crippen MR) is 147 cm³/mol. The van der Waals surface area contributed by atoms with Crippen LogP contribution in [0.3, 0.4) is 0 Å². The van der Waals surface area contributed by atoms with Crippen LogP contribution in [-0.2, 0) is 16.0 Å². The Morgan fingerprint density at radius 3 is 2.53 bits per heavy atom. The number of nitrogens with zero attached hydrogens (tertiary/aromatic N) is 3. The van der Waals surface area contributed by atoms with Gasteiger partial charge in [0.15, 0.2) is 5.96 Å². The number of aliphatic carboxylic acids is 1. The van der Waals surface area contributed by atoms with Gasteiger partial charge in [0.1, 0.15) is 6.29 Å². The molecule has 0 saturated carbocycles. The number of aromatic nitrogens is 2. The molecule has 2 aromatic rings. The van der Waals surface area contributed by atoms with Gasteiger partial charge in [-0.1, -0.05) is 75.3 Å². The molecule has 10 nitrogen and oxygen atoms in total. The summed E-state index contributed by atoms with van der Waals surface area (Å²) in [5.41, 5.74) is 12.5. The number of nitrogens with one attached hydrogen (secondary N) is 1. The highest BCUT2D eigenvalue weighted by Gasteiger charge is 2.17. The number of carbonyl (C=O) groups excluding carboxylic acids is 1. The lowest BCUT2D eigenvalue weighted by molar-refractivity contribution is -0.275. The van der Waals surface area contributed by atoms with E-state index < -0.39 is 12.0 Å². The predicted octanol–water partition coefficient (Wildman–Crippen LogP) is 3.96. The molecule has 0 unspecified atom stereocenters. The van der Waals surface area contributed by atoms with Crippen molar-refractivity contribution in [3.05, 3.63) is 59.2 Å². The minimum absolute atomic E-state index is 0.0439. The normalized spacial score (nSPS) is 13.9. The first-order valence-electron chi connectivity index (χ1n) is 13.2. The molecule has 2 aromatic heterocycles. The smallest absolute Gasteiger partial charge is 0.328 e. The summed E-state index contributed by atoms with van der Waals surface area (Å²) in [5.74, 6) is -0.420. The molecule has 0 bridgehead atoms. The number of rotatable bonds is 19. The van der Waals surface area contributed by atoms with E-state index in [2.05, 4.69) is 15.0 Å². The second kappa shape index (κ2) is 16.8. The van der Waals surface area contributed by atoms with Gasteiger partial charge >= 0.3 is 5.97 Å². The van der Waals surface area contributed by atoms with Gasteiger partial charge in [-0.25, -0.2) is 9.79 Å². The first kappa shape index (κ1) is 30.4. The number of unbranched alkanes of at least 4 members (excludes halogenated alkanes) is 3. The number of aliphatic imine (C=N–C) groups is 1. The van der Waals surface area contributed by atoms with Gasteiger partial charge in [-0.05, 0) is 54.7 Å². The Hall–Kier alpha value is -3.82. The van der Waals surface area contributed by atoms with Gasteiger partial charge in [0.2, 0.25) is 0 Å². The molecule has 0 aromatic carbocycles. The summed E-state index contributed by atoms with van der Waals surface area (Å²) in [5, 5.41) is 25.7. The fraction of sp³-hybridized carbons (Fsp3) is 0.500. The van der Waals surface area contributed by atoms with Crippen LogP contribution in [0.25, 0.3) is 5.32 Å². The Balaban J connectivity index is 2.11. The zero-order chi connectivity index (χ0) is 27.8. The van der Waals surface area contributed by atoms with Gasteiger partial charge in [-0.2, -0.15) is 0 Å². The topological polar surface area (TPSA) is 185 Å². The largest absolute Gasteiger partial charge is 0.859 e. The highest BCUT2D eigenvalue weighted by molar-refractivity contribution is 5.81. The van der Waals surface area contributed by atoms with E-state index in [-0.39, 0.29) is 24.3 Å². The molecule has 3 atom stereocenters. The van der Waals surface area contributed by atoms with Crippen LogP contribution in [0.5, 0.6) is 5.88 Å². The fourth-order valence-electron chi connectivity index (χ4n) is 4.42. The van der Waals surface area contributed by atoms with Crippen LogP contribution in [0, 0.1) is 11.8 Å². The van der Waals surface area contributed by atoms with Crippen LogP contribution in [0.1, 0.15) is 63.9 Å². The van der Waals surface area contributed by atoms with Crippen LogP contribution in [-0.4, -0.2) is 45.9 Å². The third kappa shape index (κ3) is 12.4. The summed E-state index contributed by atoms with van der Waals surface area (Å²) >= 11 is 0. The maximum Gasteiger partial charge on any atom is 0.328 e. The second-order valence-electron chi connectivity index (χ2n) is 9.76. The van der Waals surface area contributed by atoms with E-state index in [9.17, 15) is 19.8 Å². The zero-order valence-corrected chi connectivity index (χ0v) is 22.1. The lowest BCUT2D eigenvalue weighted by Crippen LogP contribution is -2.24. The van der Waals surface area contributed by atoms with Crippen molar-refractivity contribution in [2.75, 3.05) is 6.54 Å². The maximum atomic E-state index is 11.6. The minimum atomic E-state index is -1.08. The van der Waals surface area contributed by atoms with E-state index in [0.717, 1.165) is 69.3 Å². The lowest BCUT2D eigenvalue weighted by atomic mass is 9.87. The molecule has 10 heteroatoms. The molecular formula is C28H40N6O4-2. The number of carbonyl (C=O) groups is 2. The molecule has 0 spiro atoms. The summed E-state index contributed by atoms with van der Waals surface area (Å²) in [6.45, 7) is 1.99. The van der Waals surface area contributed by atoms with E-state index in [1.54, 1.807) is 12.4 Å². The van der Waals surface area contributed by atoms with Crippen LogP contribution in [0.15, 0.2) is 53.3 Å². The van der Waals surface area contributed by atoms with Crippen LogP contribution < -0.4 is 16.6 Å². The Morgan fingerprint density at radius 2 is 1.92 bits per heavy atom. The number of carboxylic acid groups (broad SMARTS) is 1. The molecule has 208 valence electrons. The minimum Gasteiger partial charge on any atom is -0.859 e. The number of aromatic amines is 1. The third-order valence-corrected chi connectivity index (χ3v) is 6.48. The number of aldehydes is 1. The molecule has 0 fully saturated rings. The van der Waals surface area contributed by atoms with Gasteiger partial charge in [0.25, 0.3) is 0 Å². The van der Waals surface area contributed by atoms with Crippen molar-refractivity contribution < 1.29 is 19.8 Å². The first-order valence-corrected chi connectivity index (χ1v) is 13.2. The van der Waals surface area contributed by atoms with Crippen LogP contribution >= 0.6 is 0 Å². The van der Waals surface area contributed by atoms with E-state index in [0.29, 0.717) is 23.7 Å². The summed E-state index contributed by atoms with van der Waals surface area (Å²) in [6, 6.07) is 6.52. The van der Waals surface area contributed by atoms with Crippen molar-refractivity contribution in [1.82, 2.24) is 9.97 Å². The average Bonchev–Trinajstić information content (AvgIpc) is 3.40. The van der Waals surface area contributed by atoms with E-state index in [1.807, 2.05) is 25.1 Å². The molecule has 2 rings (SSSR count). The van der Waals surface area contributed by atoms with Crippen molar-refractivity contribution in [2.24, 2.45) is 28.3 Å². The number of H-pyrrole nitrogens is 1. The Bertz CT molecular complexity index is 1020. The van der Waals surface area contributed by atoms with Gasteiger partial charge in [-0.15, -0.1) is 0 Å². The average molecular weight is 525 g/mol. The molecule has 0 aliphatic heterocycles. The van der Waals surface area contributed by atoms with Crippen molar-refractivity contribution in [3.63, 3.8) is 0 Å². The van der Waals surface area contributed by atoms with Crippen molar-refractivity contribution in [1.29, 1.82) is 0 Å². The first-order chi connectivity index (χ1) is 18.3. The summed E-state index contributed by atoms with van der Waals surface area (Å²) in [6.07, 6.45) is 13.8. The van der Waals surface area contributed by atoms with E-state index in [1.165, 1.54) is 6.07 Å². The summed E-state index contributed by atoms with van der Waals surface area (Å²) in [4.78, 5) is 33.4. The fourth-order valence-corrected chi connectivity index (χ4v) is 4.42. The number of pyridine rings is 1. The number of carboxylic acids is 1. The molecular weight excluding hydrogens is 484 g/mol. The lowest BCUT2D eigenvalue weighted by Gasteiger charge is -2.29. The number of hydrogen-bond donors (Lipinski definition) is 4. The van der Waals surface area contributed by atoms with Crippen molar-refractivity contribution in [2.45, 2.75) is 70.8 Å². The summed E-state index contributed by atoms with van der Waals surface area (Å²) in [7, 11) is 0. The Morgan fingerprint density at radius 1 is 1.16 bits per heavy atom. The molecule has 6 N–H and O–H groups in total. The highest BCUT2D eigenvalue weighted by Crippen LogP contribution is 2.30. The molecule has 0 radical (unpaired) electrons. The molecule has 2 heterocycles. The maximum absolute atomic E-state index is 11.6.